The molecule has 0 atom stereocenters. The Hall–Kier alpha value is -2.59. The number of halogens is 1. The van der Waals surface area contributed by atoms with Gasteiger partial charge in [-0.1, -0.05) is 41.9 Å². The van der Waals surface area contributed by atoms with Crippen LogP contribution in [0.15, 0.2) is 71.5 Å². The number of pyridine rings is 1. The van der Waals surface area contributed by atoms with Gasteiger partial charge in [-0.25, -0.2) is 4.98 Å². The van der Waals surface area contributed by atoms with E-state index in [9.17, 15) is 4.79 Å². The first kappa shape index (κ1) is 15.3. The average molecular weight is 327 g/mol. The first-order valence-corrected chi connectivity index (χ1v) is 7.57. The van der Waals surface area contributed by atoms with Crippen LogP contribution >= 0.6 is 11.6 Å². The van der Waals surface area contributed by atoms with Gasteiger partial charge in [0.25, 0.3) is 5.91 Å². The summed E-state index contributed by atoms with van der Waals surface area (Å²) in [4.78, 5) is 18.5. The van der Waals surface area contributed by atoms with Crippen molar-refractivity contribution in [3.8, 4) is 0 Å². The maximum absolute atomic E-state index is 12.8. The molecule has 0 aliphatic heterocycles. The molecule has 3 aromatic rings. The Labute approximate surface area is 139 Å². The minimum absolute atomic E-state index is 0.116. The lowest BCUT2D eigenvalue weighted by molar-refractivity contribution is 0.0717. The lowest BCUT2D eigenvalue weighted by Crippen LogP contribution is -2.30. The van der Waals surface area contributed by atoms with Crippen molar-refractivity contribution in [2.24, 2.45) is 0 Å². The van der Waals surface area contributed by atoms with E-state index in [0.29, 0.717) is 23.8 Å². The number of aromatic nitrogens is 1. The molecule has 0 N–H and O–H groups in total. The number of hydrogen-bond acceptors (Lipinski definition) is 3. The Balaban J connectivity index is 1.84. The van der Waals surface area contributed by atoms with E-state index < -0.39 is 0 Å². The lowest BCUT2D eigenvalue weighted by Gasteiger charge is -2.22. The van der Waals surface area contributed by atoms with Crippen molar-refractivity contribution < 1.29 is 9.21 Å². The van der Waals surface area contributed by atoms with Crippen LogP contribution in [0.2, 0.25) is 5.15 Å². The van der Waals surface area contributed by atoms with Gasteiger partial charge in [0.2, 0.25) is 0 Å². The van der Waals surface area contributed by atoms with E-state index in [-0.39, 0.29) is 5.91 Å². The molecule has 0 radical (unpaired) electrons. The van der Waals surface area contributed by atoms with E-state index in [1.165, 1.54) is 6.20 Å². The fourth-order valence-electron chi connectivity index (χ4n) is 2.28. The molecule has 0 aliphatic carbocycles. The number of nitrogens with zero attached hydrogens (tertiary/aromatic N) is 2. The Morgan fingerprint density at radius 2 is 1.87 bits per heavy atom. The van der Waals surface area contributed by atoms with E-state index in [2.05, 4.69) is 4.98 Å². The molecule has 0 saturated carbocycles. The zero-order chi connectivity index (χ0) is 16.1. The van der Waals surface area contributed by atoms with Gasteiger partial charge in [-0.05, 0) is 29.8 Å². The number of benzene rings is 1. The molecule has 0 saturated heterocycles. The molecule has 116 valence electrons. The van der Waals surface area contributed by atoms with Gasteiger partial charge in [-0.2, -0.15) is 0 Å². The molecular weight excluding hydrogens is 312 g/mol. The molecule has 5 heteroatoms. The average Bonchev–Trinajstić information content (AvgIpc) is 3.08. The van der Waals surface area contributed by atoms with Crippen LogP contribution < -0.4 is 0 Å². The summed E-state index contributed by atoms with van der Waals surface area (Å²) in [5.74, 6) is 0.616. The summed E-state index contributed by atoms with van der Waals surface area (Å²) >= 11 is 5.79. The summed E-state index contributed by atoms with van der Waals surface area (Å²) in [6.07, 6.45) is 3.09. The van der Waals surface area contributed by atoms with E-state index in [4.69, 9.17) is 16.0 Å². The molecule has 1 amide bonds. The van der Waals surface area contributed by atoms with E-state index in [1.54, 1.807) is 23.3 Å². The van der Waals surface area contributed by atoms with Crippen molar-refractivity contribution >= 4 is 17.5 Å². The number of furan rings is 1. The van der Waals surface area contributed by atoms with E-state index >= 15 is 0 Å². The highest BCUT2D eigenvalue weighted by atomic mass is 35.5. The summed E-state index contributed by atoms with van der Waals surface area (Å²) in [5, 5.41) is 0.363. The number of amides is 1. The molecule has 0 fully saturated rings. The standard InChI is InChI=1S/C18H15ClN2O2/c19-17-9-8-15(11-20-17)18(22)21(13-16-7-4-10-23-16)12-14-5-2-1-3-6-14/h1-11H,12-13H2. The van der Waals surface area contributed by atoms with Crippen LogP contribution in [0.1, 0.15) is 21.7 Å². The van der Waals surface area contributed by atoms with Crippen molar-refractivity contribution in [3.05, 3.63) is 89.1 Å². The first-order valence-electron chi connectivity index (χ1n) is 7.19. The second kappa shape index (κ2) is 7.11. The third kappa shape index (κ3) is 3.99. The summed E-state index contributed by atoms with van der Waals surface area (Å²) < 4.78 is 5.38. The Morgan fingerprint density at radius 1 is 1.04 bits per heavy atom. The summed E-state index contributed by atoms with van der Waals surface area (Å²) in [7, 11) is 0. The quantitative estimate of drug-likeness (QED) is 0.661. The highest BCUT2D eigenvalue weighted by Gasteiger charge is 2.18. The highest BCUT2D eigenvalue weighted by molar-refractivity contribution is 6.29. The topological polar surface area (TPSA) is 46.3 Å². The molecule has 4 nitrogen and oxygen atoms in total. The highest BCUT2D eigenvalue weighted by Crippen LogP contribution is 2.15. The summed E-state index contributed by atoms with van der Waals surface area (Å²) in [5.41, 5.74) is 1.55. The minimum Gasteiger partial charge on any atom is -0.467 e. The molecule has 3 rings (SSSR count). The number of carbonyl (C=O) groups excluding carboxylic acids is 1. The normalized spacial score (nSPS) is 10.5. The predicted molar refractivity (Wildman–Crippen MR) is 88.0 cm³/mol. The van der Waals surface area contributed by atoms with Gasteiger partial charge in [0.15, 0.2) is 0 Å². The zero-order valence-corrected chi connectivity index (χ0v) is 13.1. The first-order chi connectivity index (χ1) is 11.2. The van der Waals surface area contributed by atoms with Crippen molar-refractivity contribution in [2.45, 2.75) is 13.1 Å². The molecule has 2 aromatic heterocycles. The third-order valence-electron chi connectivity index (χ3n) is 3.40. The minimum atomic E-state index is -0.116. The summed E-state index contributed by atoms with van der Waals surface area (Å²) in [6, 6.07) is 16.8. The van der Waals surface area contributed by atoms with Crippen LogP contribution in [-0.2, 0) is 13.1 Å². The van der Waals surface area contributed by atoms with Gasteiger partial charge in [-0.3, -0.25) is 4.79 Å². The maximum atomic E-state index is 12.8. The van der Waals surface area contributed by atoms with Gasteiger partial charge >= 0.3 is 0 Å². The van der Waals surface area contributed by atoms with Crippen LogP contribution in [-0.4, -0.2) is 15.8 Å². The van der Waals surface area contributed by atoms with Crippen molar-refractivity contribution in [1.82, 2.24) is 9.88 Å². The van der Waals surface area contributed by atoms with Crippen LogP contribution in [0, 0.1) is 0 Å². The molecule has 0 spiro atoms. The van der Waals surface area contributed by atoms with Gasteiger partial charge in [0, 0.05) is 12.7 Å². The zero-order valence-electron chi connectivity index (χ0n) is 12.4. The lowest BCUT2D eigenvalue weighted by atomic mass is 10.2. The SMILES string of the molecule is O=C(c1ccc(Cl)nc1)N(Cc1ccccc1)Cc1ccco1. The van der Waals surface area contributed by atoms with Gasteiger partial charge < -0.3 is 9.32 Å². The molecule has 0 bridgehead atoms. The maximum Gasteiger partial charge on any atom is 0.256 e. The molecular formula is C18H15ClN2O2. The molecule has 1 aromatic carbocycles. The molecule has 0 unspecified atom stereocenters. The van der Waals surface area contributed by atoms with Crippen molar-refractivity contribution in [2.75, 3.05) is 0 Å². The smallest absolute Gasteiger partial charge is 0.256 e. The van der Waals surface area contributed by atoms with Gasteiger partial charge in [0.05, 0.1) is 18.4 Å². The van der Waals surface area contributed by atoms with Gasteiger partial charge in [0.1, 0.15) is 10.9 Å². The van der Waals surface area contributed by atoms with Crippen LogP contribution in [0.4, 0.5) is 0 Å². The Bertz CT molecular complexity index is 755. The second-order valence-corrected chi connectivity index (χ2v) is 5.48. The van der Waals surface area contributed by atoms with Crippen LogP contribution in [0.25, 0.3) is 0 Å². The Morgan fingerprint density at radius 3 is 2.52 bits per heavy atom. The monoisotopic (exact) mass is 326 g/mol. The van der Waals surface area contributed by atoms with Crippen LogP contribution in [0.5, 0.6) is 0 Å². The third-order valence-corrected chi connectivity index (χ3v) is 3.63. The predicted octanol–water partition coefficient (Wildman–Crippen LogP) is 4.17. The Kier molecular flexibility index (Phi) is 4.74. The van der Waals surface area contributed by atoms with E-state index in [0.717, 1.165) is 11.3 Å². The van der Waals surface area contributed by atoms with E-state index in [1.807, 2.05) is 42.5 Å². The largest absolute Gasteiger partial charge is 0.467 e. The van der Waals surface area contributed by atoms with Crippen molar-refractivity contribution in [1.29, 1.82) is 0 Å². The molecule has 0 aliphatic rings. The second-order valence-electron chi connectivity index (χ2n) is 5.10. The molecule has 23 heavy (non-hydrogen) atoms. The summed E-state index contributed by atoms with van der Waals surface area (Å²) in [6.45, 7) is 0.881. The van der Waals surface area contributed by atoms with Crippen LogP contribution in [0.3, 0.4) is 0 Å². The number of carbonyl (C=O) groups is 1. The number of rotatable bonds is 5. The van der Waals surface area contributed by atoms with Gasteiger partial charge in [-0.15, -0.1) is 0 Å². The number of hydrogen-bond donors (Lipinski definition) is 0. The fraction of sp³-hybridized carbons (Fsp3) is 0.111. The van der Waals surface area contributed by atoms with Crippen molar-refractivity contribution in [3.63, 3.8) is 0 Å². The fourth-order valence-corrected chi connectivity index (χ4v) is 2.39. The molecule has 2 heterocycles.